The molecule has 0 aliphatic carbocycles. The van der Waals surface area contributed by atoms with E-state index >= 15 is 0 Å². The molecule has 1 aromatic heterocycles. The zero-order valence-corrected chi connectivity index (χ0v) is 11.6. The van der Waals surface area contributed by atoms with Gasteiger partial charge >= 0.3 is 0 Å². The Labute approximate surface area is 102 Å². The first kappa shape index (κ1) is 13.3. The average molecular weight is 239 g/mol. The Bertz CT molecular complexity index is 350. The zero-order valence-electron chi connectivity index (χ0n) is 10.8. The van der Waals surface area contributed by atoms with Crippen molar-refractivity contribution in [2.24, 2.45) is 0 Å². The Morgan fingerprint density at radius 2 is 1.94 bits per heavy atom. The number of thioether (sulfide) groups is 1. The van der Waals surface area contributed by atoms with Crippen molar-refractivity contribution in [1.82, 2.24) is 9.97 Å². The van der Waals surface area contributed by atoms with E-state index in [1.807, 2.05) is 0 Å². The Kier molecular flexibility index (Phi) is 5.06. The third-order valence-corrected chi connectivity index (χ3v) is 3.25. The van der Waals surface area contributed by atoms with E-state index in [0.29, 0.717) is 5.25 Å². The van der Waals surface area contributed by atoms with Crippen molar-refractivity contribution < 1.29 is 0 Å². The lowest BCUT2D eigenvalue weighted by molar-refractivity contribution is 0.867. The summed E-state index contributed by atoms with van der Waals surface area (Å²) in [7, 11) is 0. The first-order valence-electron chi connectivity index (χ1n) is 5.86. The van der Waals surface area contributed by atoms with Gasteiger partial charge in [0.05, 0.1) is 0 Å². The molecule has 0 aromatic carbocycles. The topological polar surface area (TPSA) is 37.8 Å². The van der Waals surface area contributed by atoms with Crippen LogP contribution in [0, 0.1) is 6.92 Å². The second-order valence-electron chi connectivity index (χ2n) is 3.97. The normalized spacial score (nSPS) is 10.9. The van der Waals surface area contributed by atoms with Crippen LogP contribution in [0.4, 0.5) is 5.82 Å². The molecular formula is C12H21N3S. The summed E-state index contributed by atoms with van der Waals surface area (Å²) in [4.78, 5) is 9.10. The maximum atomic E-state index is 4.59. The van der Waals surface area contributed by atoms with Gasteiger partial charge < -0.3 is 5.32 Å². The molecule has 0 aliphatic rings. The highest BCUT2D eigenvalue weighted by Gasteiger charge is 2.11. The molecule has 0 unspecified atom stereocenters. The molecule has 0 fully saturated rings. The van der Waals surface area contributed by atoms with Gasteiger partial charge in [0.15, 0.2) is 0 Å². The SMILES string of the molecule is CCNc1nc(CC)nc(SC(C)C)c1C. The third kappa shape index (κ3) is 3.37. The second-order valence-corrected chi connectivity index (χ2v) is 5.53. The van der Waals surface area contributed by atoms with Crippen LogP contribution in [-0.4, -0.2) is 21.8 Å². The molecule has 0 saturated carbocycles. The fourth-order valence-corrected chi connectivity index (χ4v) is 2.25. The standard InChI is InChI=1S/C12H21N3S/c1-6-10-14-11(13-7-2)9(5)12(15-10)16-8(3)4/h8H,6-7H2,1-5H3,(H,13,14,15). The van der Waals surface area contributed by atoms with Gasteiger partial charge in [-0.1, -0.05) is 20.8 Å². The van der Waals surface area contributed by atoms with Crippen LogP contribution in [0.1, 0.15) is 39.1 Å². The highest BCUT2D eigenvalue weighted by molar-refractivity contribution is 7.99. The minimum Gasteiger partial charge on any atom is -0.370 e. The van der Waals surface area contributed by atoms with Gasteiger partial charge in [-0.25, -0.2) is 9.97 Å². The summed E-state index contributed by atoms with van der Waals surface area (Å²) in [5.74, 6) is 1.90. The van der Waals surface area contributed by atoms with Crippen molar-refractivity contribution in [3.63, 3.8) is 0 Å². The highest BCUT2D eigenvalue weighted by Crippen LogP contribution is 2.28. The van der Waals surface area contributed by atoms with Gasteiger partial charge in [-0.2, -0.15) is 0 Å². The maximum Gasteiger partial charge on any atom is 0.133 e. The molecule has 1 rings (SSSR count). The van der Waals surface area contributed by atoms with Crippen LogP contribution < -0.4 is 5.32 Å². The van der Waals surface area contributed by atoms with E-state index in [4.69, 9.17) is 0 Å². The molecule has 0 saturated heterocycles. The molecule has 4 heteroatoms. The maximum absolute atomic E-state index is 4.59. The summed E-state index contributed by atoms with van der Waals surface area (Å²) < 4.78 is 0. The molecule has 0 spiro atoms. The predicted octanol–water partition coefficient (Wildman–Crippen LogP) is 3.28. The van der Waals surface area contributed by atoms with Crippen LogP contribution in [-0.2, 0) is 6.42 Å². The molecule has 0 bridgehead atoms. The molecule has 1 aromatic rings. The van der Waals surface area contributed by atoms with Crippen molar-refractivity contribution in [2.75, 3.05) is 11.9 Å². The molecular weight excluding hydrogens is 218 g/mol. The van der Waals surface area contributed by atoms with Gasteiger partial charge in [0.2, 0.25) is 0 Å². The summed E-state index contributed by atoms with van der Waals surface area (Å²) >= 11 is 1.80. The monoisotopic (exact) mass is 239 g/mol. The third-order valence-electron chi connectivity index (χ3n) is 2.16. The first-order valence-corrected chi connectivity index (χ1v) is 6.74. The van der Waals surface area contributed by atoms with Crippen molar-refractivity contribution >= 4 is 17.6 Å². The van der Waals surface area contributed by atoms with Gasteiger partial charge in [-0.3, -0.25) is 0 Å². The number of anilines is 1. The van der Waals surface area contributed by atoms with Gasteiger partial charge in [0, 0.05) is 23.8 Å². The lowest BCUT2D eigenvalue weighted by atomic mass is 10.3. The summed E-state index contributed by atoms with van der Waals surface area (Å²) in [6.07, 6.45) is 0.879. The lowest BCUT2D eigenvalue weighted by Gasteiger charge is -2.13. The zero-order chi connectivity index (χ0) is 12.1. The van der Waals surface area contributed by atoms with Crippen LogP contribution in [0.15, 0.2) is 5.03 Å². The number of aryl methyl sites for hydroxylation is 1. The number of aromatic nitrogens is 2. The number of hydrogen-bond acceptors (Lipinski definition) is 4. The molecule has 1 heterocycles. The number of nitrogens with one attached hydrogen (secondary N) is 1. The van der Waals surface area contributed by atoms with Gasteiger partial charge in [-0.15, -0.1) is 11.8 Å². The van der Waals surface area contributed by atoms with E-state index in [1.54, 1.807) is 11.8 Å². The molecule has 3 nitrogen and oxygen atoms in total. The Morgan fingerprint density at radius 3 is 2.44 bits per heavy atom. The molecule has 90 valence electrons. The Hall–Kier alpha value is -0.770. The fraction of sp³-hybridized carbons (Fsp3) is 0.667. The molecule has 0 atom stereocenters. The number of rotatable bonds is 5. The smallest absolute Gasteiger partial charge is 0.133 e. The largest absolute Gasteiger partial charge is 0.370 e. The van der Waals surface area contributed by atoms with Crippen molar-refractivity contribution in [2.45, 2.75) is 51.3 Å². The van der Waals surface area contributed by atoms with E-state index in [-0.39, 0.29) is 0 Å². The Morgan fingerprint density at radius 1 is 1.25 bits per heavy atom. The van der Waals surface area contributed by atoms with E-state index in [9.17, 15) is 0 Å². The van der Waals surface area contributed by atoms with Crippen molar-refractivity contribution in [3.8, 4) is 0 Å². The summed E-state index contributed by atoms with van der Waals surface area (Å²) in [6, 6.07) is 0. The summed E-state index contributed by atoms with van der Waals surface area (Å²) in [5, 5.41) is 4.96. The van der Waals surface area contributed by atoms with Crippen LogP contribution in [0.3, 0.4) is 0 Å². The van der Waals surface area contributed by atoms with Crippen LogP contribution in [0.5, 0.6) is 0 Å². The average Bonchev–Trinajstić information content (AvgIpc) is 2.23. The van der Waals surface area contributed by atoms with Gasteiger partial charge in [-0.05, 0) is 13.8 Å². The summed E-state index contributed by atoms with van der Waals surface area (Å²) in [5.41, 5.74) is 1.16. The minimum atomic E-state index is 0.549. The van der Waals surface area contributed by atoms with Crippen molar-refractivity contribution in [3.05, 3.63) is 11.4 Å². The van der Waals surface area contributed by atoms with Crippen LogP contribution in [0.25, 0.3) is 0 Å². The number of hydrogen-bond donors (Lipinski definition) is 1. The molecule has 0 amide bonds. The van der Waals surface area contributed by atoms with Gasteiger partial charge in [0.1, 0.15) is 16.7 Å². The fourth-order valence-electron chi connectivity index (χ4n) is 1.38. The number of nitrogens with zero attached hydrogens (tertiary/aromatic N) is 2. The van der Waals surface area contributed by atoms with E-state index in [2.05, 4.69) is 49.9 Å². The van der Waals surface area contributed by atoms with Gasteiger partial charge in [0.25, 0.3) is 0 Å². The predicted molar refractivity (Wildman–Crippen MR) is 71.3 cm³/mol. The van der Waals surface area contributed by atoms with E-state index in [0.717, 1.165) is 35.2 Å². The lowest BCUT2D eigenvalue weighted by Crippen LogP contribution is -2.07. The minimum absolute atomic E-state index is 0.549. The summed E-state index contributed by atoms with van der Waals surface area (Å²) in [6.45, 7) is 11.5. The van der Waals surface area contributed by atoms with E-state index < -0.39 is 0 Å². The Balaban J connectivity index is 3.09. The van der Waals surface area contributed by atoms with Crippen LogP contribution in [0.2, 0.25) is 0 Å². The first-order chi connectivity index (χ1) is 7.58. The molecule has 0 radical (unpaired) electrons. The molecule has 0 aliphatic heterocycles. The van der Waals surface area contributed by atoms with Crippen LogP contribution >= 0.6 is 11.8 Å². The molecule has 1 N–H and O–H groups in total. The highest BCUT2D eigenvalue weighted by atomic mass is 32.2. The second kappa shape index (κ2) is 6.09. The quantitative estimate of drug-likeness (QED) is 0.632. The molecule has 16 heavy (non-hydrogen) atoms. The van der Waals surface area contributed by atoms with Crippen molar-refractivity contribution in [1.29, 1.82) is 0 Å². The van der Waals surface area contributed by atoms with E-state index in [1.165, 1.54) is 0 Å².